The molecule has 0 aliphatic carbocycles. The first-order valence-electron chi connectivity index (χ1n) is 6.33. The molecule has 1 atom stereocenters. The van der Waals surface area contributed by atoms with E-state index in [0.29, 0.717) is 11.3 Å². The van der Waals surface area contributed by atoms with Gasteiger partial charge in [-0.2, -0.15) is 0 Å². The van der Waals surface area contributed by atoms with Crippen LogP contribution in [0, 0.1) is 5.82 Å². The second-order valence-electron chi connectivity index (χ2n) is 4.47. The third kappa shape index (κ3) is 3.06. The first-order chi connectivity index (χ1) is 10.0. The van der Waals surface area contributed by atoms with Gasteiger partial charge in [-0.15, -0.1) is 0 Å². The first-order valence-corrected chi connectivity index (χ1v) is 7.87. The number of ether oxygens (including phenoxy) is 1. The minimum atomic E-state index is -3.73. The second-order valence-corrected chi connectivity index (χ2v) is 6.60. The number of benzene rings is 2. The van der Waals surface area contributed by atoms with E-state index in [1.54, 1.807) is 24.3 Å². The molecule has 0 fully saturated rings. The average Bonchev–Trinajstić information content (AvgIpc) is 2.48. The Labute approximate surface area is 123 Å². The van der Waals surface area contributed by atoms with Crippen LogP contribution in [0.15, 0.2) is 53.4 Å². The molecule has 0 saturated carbocycles. The highest BCUT2D eigenvalue weighted by Gasteiger charge is 2.30. The molecule has 0 aliphatic heterocycles. The molecule has 21 heavy (non-hydrogen) atoms. The molecule has 0 aromatic heterocycles. The molecule has 4 nitrogen and oxygen atoms in total. The summed E-state index contributed by atoms with van der Waals surface area (Å²) in [6, 6.07) is 11.5. The maximum atomic E-state index is 13.0. The van der Waals surface area contributed by atoms with Gasteiger partial charge in [-0.25, -0.2) is 12.8 Å². The molecule has 112 valence electrons. The van der Waals surface area contributed by atoms with E-state index in [2.05, 4.69) is 0 Å². The van der Waals surface area contributed by atoms with Crippen molar-refractivity contribution in [1.29, 1.82) is 0 Å². The monoisotopic (exact) mass is 309 g/mol. The van der Waals surface area contributed by atoms with Crippen LogP contribution in [0.3, 0.4) is 0 Å². The van der Waals surface area contributed by atoms with Crippen LogP contribution < -0.4 is 10.5 Å². The summed E-state index contributed by atoms with van der Waals surface area (Å²) in [6.07, 6.45) is 0. The highest BCUT2D eigenvalue weighted by molar-refractivity contribution is 7.91. The third-order valence-corrected chi connectivity index (χ3v) is 5.34. The predicted molar refractivity (Wildman–Crippen MR) is 78.4 cm³/mol. The molecule has 6 heteroatoms. The van der Waals surface area contributed by atoms with E-state index >= 15 is 0 Å². The van der Waals surface area contributed by atoms with Crippen molar-refractivity contribution in [3.05, 3.63) is 59.9 Å². The largest absolute Gasteiger partial charge is 0.496 e. The molecule has 0 amide bonds. The molecular weight excluding hydrogens is 293 g/mol. The Morgan fingerprint density at radius 1 is 1.14 bits per heavy atom. The number of para-hydroxylation sites is 1. The standard InChI is InChI=1S/C15H16FNO3S/c1-20-14-5-3-2-4-13(14)15(10-17)21(18,19)12-8-6-11(16)7-9-12/h2-9,15H,10,17H2,1H3/t15-/m0/s1. The Morgan fingerprint density at radius 2 is 1.76 bits per heavy atom. The molecule has 0 bridgehead atoms. The first kappa shape index (κ1) is 15.5. The van der Waals surface area contributed by atoms with Crippen LogP contribution in [0.5, 0.6) is 5.75 Å². The normalized spacial score (nSPS) is 12.9. The topological polar surface area (TPSA) is 69.4 Å². The number of rotatable bonds is 5. The quantitative estimate of drug-likeness (QED) is 0.861. The summed E-state index contributed by atoms with van der Waals surface area (Å²) < 4.78 is 43.5. The Morgan fingerprint density at radius 3 is 2.33 bits per heavy atom. The molecule has 2 aromatic rings. The molecular formula is C15H16FNO3S. The second kappa shape index (κ2) is 6.24. The number of methoxy groups -OCH3 is 1. The van der Waals surface area contributed by atoms with Crippen molar-refractivity contribution in [2.75, 3.05) is 13.7 Å². The van der Waals surface area contributed by atoms with Gasteiger partial charge >= 0.3 is 0 Å². The van der Waals surface area contributed by atoms with Crippen molar-refractivity contribution >= 4 is 9.84 Å². The van der Waals surface area contributed by atoms with Crippen LogP contribution in [0.2, 0.25) is 0 Å². The van der Waals surface area contributed by atoms with Gasteiger partial charge in [-0.1, -0.05) is 18.2 Å². The number of hydrogen-bond donors (Lipinski definition) is 1. The van der Waals surface area contributed by atoms with Crippen molar-refractivity contribution in [1.82, 2.24) is 0 Å². The molecule has 0 heterocycles. The lowest BCUT2D eigenvalue weighted by Gasteiger charge is -2.18. The fourth-order valence-corrected chi connectivity index (χ4v) is 3.77. The van der Waals surface area contributed by atoms with E-state index in [0.717, 1.165) is 12.1 Å². The highest BCUT2D eigenvalue weighted by Crippen LogP contribution is 2.33. The van der Waals surface area contributed by atoms with Crippen molar-refractivity contribution in [3.63, 3.8) is 0 Å². The molecule has 0 spiro atoms. The summed E-state index contributed by atoms with van der Waals surface area (Å²) in [4.78, 5) is 0.0326. The van der Waals surface area contributed by atoms with Gasteiger partial charge in [0, 0.05) is 12.1 Å². The van der Waals surface area contributed by atoms with Crippen molar-refractivity contribution in [3.8, 4) is 5.75 Å². The van der Waals surface area contributed by atoms with Gasteiger partial charge in [0.15, 0.2) is 9.84 Å². The van der Waals surface area contributed by atoms with Crippen LogP contribution >= 0.6 is 0 Å². The minimum absolute atomic E-state index is 0.0326. The van der Waals surface area contributed by atoms with Gasteiger partial charge in [0.25, 0.3) is 0 Å². The van der Waals surface area contributed by atoms with Crippen LogP contribution in [0.1, 0.15) is 10.8 Å². The minimum Gasteiger partial charge on any atom is -0.496 e. The Hall–Kier alpha value is -1.92. The molecule has 2 rings (SSSR count). The zero-order chi connectivity index (χ0) is 15.5. The van der Waals surface area contributed by atoms with Crippen LogP contribution in [0.25, 0.3) is 0 Å². The Balaban J connectivity index is 2.52. The fraction of sp³-hybridized carbons (Fsp3) is 0.200. The lowest BCUT2D eigenvalue weighted by molar-refractivity contribution is 0.408. The van der Waals surface area contributed by atoms with Gasteiger partial charge < -0.3 is 10.5 Å². The lowest BCUT2D eigenvalue weighted by atomic mass is 10.1. The van der Waals surface area contributed by atoms with E-state index in [4.69, 9.17) is 10.5 Å². The molecule has 0 saturated heterocycles. The third-order valence-electron chi connectivity index (χ3n) is 3.22. The van der Waals surface area contributed by atoms with Crippen LogP contribution in [-0.4, -0.2) is 22.1 Å². The van der Waals surface area contributed by atoms with Gasteiger partial charge in [-0.3, -0.25) is 0 Å². The van der Waals surface area contributed by atoms with Gasteiger partial charge in [0.2, 0.25) is 0 Å². The fourth-order valence-electron chi connectivity index (χ4n) is 2.14. The van der Waals surface area contributed by atoms with E-state index in [1.807, 2.05) is 0 Å². The Kier molecular flexibility index (Phi) is 4.59. The number of nitrogens with two attached hydrogens (primary N) is 1. The van der Waals surface area contributed by atoms with Gasteiger partial charge in [-0.05, 0) is 30.3 Å². The van der Waals surface area contributed by atoms with Gasteiger partial charge in [0.05, 0.1) is 12.0 Å². The average molecular weight is 309 g/mol. The van der Waals surface area contributed by atoms with Crippen molar-refractivity contribution in [2.45, 2.75) is 10.1 Å². The number of sulfone groups is 1. The Bertz CT molecular complexity index is 714. The van der Waals surface area contributed by atoms with E-state index in [1.165, 1.54) is 19.2 Å². The van der Waals surface area contributed by atoms with E-state index < -0.39 is 20.9 Å². The van der Waals surface area contributed by atoms with E-state index in [9.17, 15) is 12.8 Å². The van der Waals surface area contributed by atoms with Crippen molar-refractivity contribution in [2.24, 2.45) is 5.73 Å². The lowest BCUT2D eigenvalue weighted by Crippen LogP contribution is -2.22. The summed E-state index contributed by atoms with van der Waals surface area (Å²) in [7, 11) is -2.26. The summed E-state index contributed by atoms with van der Waals surface area (Å²) in [5, 5.41) is -0.945. The van der Waals surface area contributed by atoms with E-state index in [-0.39, 0.29) is 11.4 Å². The maximum Gasteiger partial charge on any atom is 0.186 e. The molecule has 0 radical (unpaired) electrons. The zero-order valence-corrected chi connectivity index (χ0v) is 12.3. The predicted octanol–water partition coefficient (Wildman–Crippen LogP) is 2.31. The molecule has 2 N–H and O–H groups in total. The zero-order valence-electron chi connectivity index (χ0n) is 11.5. The van der Waals surface area contributed by atoms with Crippen LogP contribution in [0.4, 0.5) is 4.39 Å². The smallest absolute Gasteiger partial charge is 0.186 e. The SMILES string of the molecule is COc1ccccc1[C@H](CN)S(=O)(=O)c1ccc(F)cc1. The maximum absolute atomic E-state index is 13.0. The highest BCUT2D eigenvalue weighted by atomic mass is 32.2. The number of halogens is 1. The summed E-state index contributed by atoms with van der Waals surface area (Å²) in [5.74, 6) is -0.0332. The van der Waals surface area contributed by atoms with Crippen LogP contribution in [-0.2, 0) is 9.84 Å². The number of hydrogen-bond acceptors (Lipinski definition) is 4. The summed E-state index contributed by atoms with van der Waals surface area (Å²) >= 11 is 0. The molecule has 0 unspecified atom stereocenters. The summed E-state index contributed by atoms with van der Waals surface area (Å²) in [6.45, 7) is -0.0971. The summed E-state index contributed by atoms with van der Waals surface area (Å²) in [5.41, 5.74) is 6.17. The van der Waals surface area contributed by atoms with Crippen molar-refractivity contribution < 1.29 is 17.5 Å². The molecule has 0 aliphatic rings. The van der Waals surface area contributed by atoms with Gasteiger partial charge in [0.1, 0.15) is 16.8 Å². The molecule has 2 aromatic carbocycles.